The van der Waals surface area contributed by atoms with Gasteiger partial charge in [-0.2, -0.15) is 5.26 Å². The van der Waals surface area contributed by atoms with Crippen LogP contribution in [0.25, 0.3) is 0 Å². The first-order valence-electron chi connectivity index (χ1n) is 3.48. The van der Waals surface area contributed by atoms with E-state index in [-0.39, 0.29) is 0 Å². The highest BCUT2D eigenvalue weighted by Gasteiger charge is 1.88. The molecule has 10 heavy (non-hydrogen) atoms. The normalized spacial score (nSPS) is 13.0. The number of nitrogens with zero attached hydrogens (tertiary/aromatic N) is 1. The van der Waals surface area contributed by atoms with Gasteiger partial charge in [-0.05, 0) is 26.3 Å². The van der Waals surface area contributed by atoms with Gasteiger partial charge in [0, 0.05) is 5.57 Å². The van der Waals surface area contributed by atoms with Gasteiger partial charge < -0.3 is 0 Å². The second-order valence-corrected chi connectivity index (χ2v) is 2.17. The third-order valence-electron chi connectivity index (χ3n) is 1.38. The molecule has 0 spiro atoms. The summed E-state index contributed by atoms with van der Waals surface area (Å²) in [5, 5.41) is 8.52. The van der Waals surface area contributed by atoms with Crippen molar-refractivity contribution in [2.45, 2.75) is 27.2 Å². The Labute approximate surface area is 62.7 Å². The Morgan fingerprint density at radius 2 is 2.20 bits per heavy atom. The number of nitriles is 1. The van der Waals surface area contributed by atoms with Gasteiger partial charge in [0.15, 0.2) is 0 Å². The van der Waals surface area contributed by atoms with Crippen LogP contribution in [-0.4, -0.2) is 0 Å². The summed E-state index contributed by atoms with van der Waals surface area (Å²) in [6, 6.07) is 2.14. The Kier molecular flexibility index (Phi) is 4.32. The SMILES string of the molecule is C/C=C(C)\C=C(\C#N)CC. The Hall–Kier alpha value is -1.03. The van der Waals surface area contributed by atoms with Crippen molar-refractivity contribution in [2.24, 2.45) is 0 Å². The summed E-state index contributed by atoms with van der Waals surface area (Å²) in [6.45, 7) is 5.95. The zero-order valence-corrected chi connectivity index (χ0v) is 6.81. The van der Waals surface area contributed by atoms with E-state index in [2.05, 4.69) is 6.07 Å². The molecular formula is C9H13N. The van der Waals surface area contributed by atoms with Crippen molar-refractivity contribution in [2.75, 3.05) is 0 Å². The van der Waals surface area contributed by atoms with Gasteiger partial charge in [0.25, 0.3) is 0 Å². The number of hydrogen-bond donors (Lipinski definition) is 0. The second-order valence-electron chi connectivity index (χ2n) is 2.17. The molecule has 0 unspecified atom stereocenters. The third kappa shape index (κ3) is 3.09. The minimum atomic E-state index is 0.821. The van der Waals surface area contributed by atoms with Crippen LogP contribution in [0.1, 0.15) is 27.2 Å². The second kappa shape index (κ2) is 4.81. The molecule has 0 aromatic carbocycles. The molecule has 54 valence electrons. The summed E-state index contributed by atoms with van der Waals surface area (Å²) in [5.41, 5.74) is 1.99. The zero-order valence-electron chi connectivity index (χ0n) is 6.81. The zero-order chi connectivity index (χ0) is 7.98. The van der Waals surface area contributed by atoms with Crippen LogP contribution < -0.4 is 0 Å². The quantitative estimate of drug-likeness (QED) is 0.422. The smallest absolute Gasteiger partial charge is 0.0947 e. The summed E-state index contributed by atoms with van der Waals surface area (Å²) in [6.07, 6.45) is 4.73. The molecule has 0 amide bonds. The van der Waals surface area contributed by atoms with Crippen molar-refractivity contribution in [1.82, 2.24) is 0 Å². The third-order valence-corrected chi connectivity index (χ3v) is 1.38. The van der Waals surface area contributed by atoms with Gasteiger partial charge in [-0.25, -0.2) is 0 Å². The minimum absolute atomic E-state index is 0.821. The van der Waals surface area contributed by atoms with Gasteiger partial charge in [0.1, 0.15) is 0 Å². The molecule has 0 N–H and O–H groups in total. The molecule has 0 aromatic heterocycles. The van der Waals surface area contributed by atoms with Crippen LogP contribution in [0.4, 0.5) is 0 Å². The highest BCUT2D eigenvalue weighted by Crippen LogP contribution is 2.03. The first-order chi connectivity index (χ1) is 4.74. The Morgan fingerprint density at radius 3 is 2.50 bits per heavy atom. The molecule has 0 saturated heterocycles. The van der Waals surface area contributed by atoms with Gasteiger partial charge in [0.2, 0.25) is 0 Å². The molecular weight excluding hydrogens is 122 g/mol. The van der Waals surface area contributed by atoms with E-state index in [1.807, 2.05) is 32.9 Å². The molecule has 0 radical (unpaired) electrons. The van der Waals surface area contributed by atoms with Crippen LogP contribution in [0, 0.1) is 11.3 Å². The predicted octanol–water partition coefficient (Wildman–Crippen LogP) is 2.81. The molecule has 0 saturated carbocycles. The number of rotatable bonds is 2. The van der Waals surface area contributed by atoms with Crippen molar-refractivity contribution < 1.29 is 0 Å². The van der Waals surface area contributed by atoms with E-state index < -0.39 is 0 Å². The first kappa shape index (κ1) is 8.97. The maximum absolute atomic E-state index is 8.52. The van der Waals surface area contributed by atoms with Crippen molar-refractivity contribution in [3.8, 4) is 6.07 Å². The molecule has 0 aliphatic rings. The monoisotopic (exact) mass is 135 g/mol. The van der Waals surface area contributed by atoms with Crippen LogP contribution in [0.3, 0.4) is 0 Å². The van der Waals surface area contributed by atoms with Gasteiger partial charge in [0.05, 0.1) is 6.07 Å². The van der Waals surface area contributed by atoms with E-state index in [9.17, 15) is 0 Å². The van der Waals surface area contributed by atoms with Crippen molar-refractivity contribution in [1.29, 1.82) is 5.26 Å². The Morgan fingerprint density at radius 1 is 1.60 bits per heavy atom. The van der Waals surface area contributed by atoms with E-state index in [1.54, 1.807) is 0 Å². The predicted molar refractivity (Wildman–Crippen MR) is 43.4 cm³/mol. The van der Waals surface area contributed by atoms with E-state index >= 15 is 0 Å². The lowest BCUT2D eigenvalue weighted by atomic mass is 10.1. The summed E-state index contributed by atoms with van der Waals surface area (Å²) in [5.74, 6) is 0. The molecule has 0 bridgehead atoms. The number of hydrogen-bond acceptors (Lipinski definition) is 1. The van der Waals surface area contributed by atoms with E-state index in [1.165, 1.54) is 0 Å². The summed E-state index contributed by atoms with van der Waals surface area (Å²) < 4.78 is 0. The standard InChI is InChI=1S/C9H13N/c1-4-8(3)6-9(5-2)7-10/h4,6H,5H2,1-3H3/b8-4-,9-6+. The molecule has 0 fully saturated rings. The van der Waals surface area contributed by atoms with E-state index in [0.29, 0.717) is 0 Å². The lowest BCUT2D eigenvalue weighted by Crippen LogP contribution is -1.75. The molecule has 0 aromatic rings. The molecule has 1 heteroatoms. The molecule has 1 nitrogen and oxygen atoms in total. The minimum Gasteiger partial charge on any atom is -0.193 e. The highest BCUT2D eigenvalue weighted by molar-refractivity contribution is 5.29. The Balaban J connectivity index is 4.29. The fourth-order valence-electron chi connectivity index (χ4n) is 0.572. The molecule has 0 aliphatic heterocycles. The van der Waals surface area contributed by atoms with Gasteiger partial charge in [-0.1, -0.05) is 18.6 Å². The average molecular weight is 135 g/mol. The molecule has 0 rings (SSSR count). The van der Waals surface area contributed by atoms with Crippen molar-refractivity contribution in [3.63, 3.8) is 0 Å². The van der Waals surface area contributed by atoms with Crippen LogP contribution in [0.5, 0.6) is 0 Å². The van der Waals surface area contributed by atoms with E-state index in [4.69, 9.17) is 5.26 Å². The molecule has 0 atom stereocenters. The maximum Gasteiger partial charge on any atom is 0.0947 e. The molecule has 0 heterocycles. The summed E-state index contributed by atoms with van der Waals surface area (Å²) in [4.78, 5) is 0. The fraction of sp³-hybridized carbons (Fsp3) is 0.444. The maximum atomic E-state index is 8.52. The largest absolute Gasteiger partial charge is 0.193 e. The fourth-order valence-corrected chi connectivity index (χ4v) is 0.572. The van der Waals surface area contributed by atoms with Crippen LogP contribution >= 0.6 is 0 Å². The van der Waals surface area contributed by atoms with Crippen LogP contribution in [0.2, 0.25) is 0 Å². The lowest BCUT2D eigenvalue weighted by molar-refractivity contribution is 1.14. The summed E-state index contributed by atoms with van der Waals surface area (Å²) >= 11 is 0. The van der Waals surface area contributed by atoms with Crippen LogP contribution in [0.15, 0.2) is 23.3 Å². The lowest BCUT2D eigenvalue weighted by Gasteiger charge is -1.91. The van der Waals surface area contributed by atoms with Gasteiger partial charge in [-0.3, -0.25) is 0 Å². The Bertz CT molecular complexity index is 191. The van der Waals surface area contributed by atoms with E-state index in [0.717, 1.165) is 17.6 Å². The van der Waals surface area contributed by atoms with Gasteiger partial charge >= 0.3 is 0 Å². The number of allylic oxidation sites excluding steroid dienone is 4. The first-order valence-corrected chi connectivity index (χ1v) is 3.48. The van der Waals surface area contributed by atoms with Crippen molar-refractivity contribution >= 4 is 0 Å². The summed E-state index contributed by atoms with van der Waals surface area (Å²) in [7, 11) is 0. The van der Waals surface area contributed by atoms with Gasteiger partial charge in [-0.15, -0.1) is 0 Å². The topological polar surface area (TPSA) is 23.8 Å². The van der Waals surface area contributed by atoms with Crippen LogP contribution in [-0.2, 0) is 0 Å². The van der Waals surface area contributed by atoms with Crippen molar-refractivity contribution in [3.05, 3.63) is 23.3 Å². The molecule has 0 aliphatic carbocycles. The average Bonchev–Trinajstić information content (AvgIpc) is 1.99. The highest BCUT2D eigenvalue weighted by atomic mass is 14.2.